The van der Waals surface area contributed by atoms with Gasteiger partial charge in [0.1, 0.15) is 0 Å². The molecule has 0 spiro atoms. The van der Waals surface area contributed by atoms with Crippen molar-refractivity contribution in [2.75, 3.05) is 26.6 Å². The zero-order valence-electron chi connectivity index (χ0n) is 13.7. The van der Waals surface area contributed by atoms with Crippen LogP contribution in [0.25, 0.3) is 6.08 Å². The number of methoxy groups -OCH3 is 3. The molecule has 2 aromatic rings. The van der Waals surface area contributed by atoms with Crippen LogP contribution >= 0.6 is 0 Å². The lowest BCUT2D eigenvalue weighted by atomic mass is 10.2. The molecule has 0 saturated heterocycles. The van der Waals surface area contributed by atoms with E-state index < -0.39 is 0 Å². The van der Waals surface area contributed by atoms with Crippen LogP contribution in [0.3, 0.4) is 0 Å². The molecular weight excluding hydrogens is 310 g/mol. The third-order valence-corrected chi connectivity index (χ3v) is 3.28. The number of rotatable bonds is 6. The second-order valence-corrected chi connectivity index (χ2v) is 4.82. The van der Waals surface area contributed by atoms with Crippen LogP contribution in [0.15, 0.2) is 42.5 Å². The summed E-state index contributed by atoms with van der Waals surface area (Å²) < 4.78 is 15.4. The Morgan fingerprint density at radius 2 is 1.67 bits per heavy atom. The number of phenolic OH excluding ortho intramolecular Hbond substituents is 1. The number of nitrogens with one attached hydrogen (secondary N) is 1. The largest absolute Gasteiger partial charge is 0.504 e. The molecule has 0 aliphatic rings. The average Bonchev–Trinajstić information content (AvgIpc) is 2.60. The van der Waals surface area contributed by atoms with Gasteiger partial charge in [0.05, 0.1) is 21.3 Å². The number of hydrogen-bond acceptors (Lipinski definition) is 5. The average molecular weight is 329 g/mol. The van der Waals surface area contributed by atoms with Crippen LogP contribution in [0.5, 0.6) is 23.0 Å². The van der Waals surface area contributed by atoms with Gasteiger partial charge in [-0.25, -0.2) is 0 Å². The minimum absolute atomic E-state index is 0.0458. The van der Waals surface area contributed by atoms with Crippen LogP contribution in [0, 0.1) is 0 Å². The summed E-state index contributed by atoms with van der Waals surface area (Å²) in [6, 6.07) is 9.92. The van der Waals surface area contributed by atoms with Crippen molar-refractivity contribution in [1.29, 1.82) is 0 Å². The smallest absolute Gasteiger partial charge is 0.248 e. The highest BCUT2D eigenvalue weighted by Gasteiger charge is 2.06. The predicted octanol–water partition coefficient (Wildman–Crippen LogP) is 3.07. The Labute approximate surface area is 140 Å². The van der Waals surface area contributed by atoms with Gasteiger partial charge in [0.2, 0.25) is 5.91 Å². The van der Waals surface area contributed by atoms with Gasteiger partial charge < -0.3 is 24.6 Å². The van der Waals surface area contributed by atoms with E-state index in [9.17, 15) is 9.90 Å². The first-order valence-electron chi connectivity index (χ1n) is 7.15. The first kappa shape index (κ1) is 17.2. The molecule has 0 aromatic heterocycles. The number of amides is 1. The highest BCUT2D eigenvalue weighted by molar-refractivity contribution is 6.02. The molecule has 0 fully saturated rings. The molecule has 0 aliphatic heterocycles. The maximum atomic E-state index is 12.0. The number of anilines is 1. The number of aromatic hydroxyl groups is 1. The van der Waals surface area contributed by atoms with Crippen LogP contribution < -0.4 is 19.5 Å². The van der Waals surface area contributed by atoms with E-state index >= 15 is 0 Å². The Bertz CT molecular complexity index is 755. The Morgan fingerprint density at radius 1 is 0.958 bits per heavy atom. The van der Waals surface area contributed by atoms with Crippen LogP contribution in [0.2, 0.25) is 0 Å². The zero-order chi connectivity index (χ0) is 17.5. The first-order valence-corrected chi connectivity index (χ1v) is 7.15. The summed E-state index contributed by atoms with van der Waals surface area (Å²) in [5, 5.41) is 12.3. The van der Waals surface area contributed by atoms with Gasteiger partial charge in [-0.3, -0.25) is 4.79 Å². The number of carbonyl (C=O) groups excluding carboxylic acids is 1. The van der Waals surface area contributed by atoms with E-state index in [1.165, 1.54) is 26.4 Å². The Morgan fingerprint density at radius 3 is 2.33 bits per heavy atom. The lowest BCUT2D eigenvalue weighted by molar-refractivity contribution is -0.111. The third-order valence-electron chi connectivity index (χ3n) is 3.28. The van der Waals surface area contributed by atoms with Gasteiger partial charge in [-0.2, -0.15) is 0 Å². The highest BCUT2D eigenvalue weighted by Crippen LogP contribution is 2.30. The lowest BCUT2D eigenvalue weighted by Gasteiger charge is -2.09. The Balaban J connectivity index is 2.07. The molecule has 6 nitrogen and oxygen atoms in total. The van der Waals surface area contributed by atoms with Gasteiger partial charge in [0.25, 0.3) is 0 Å². The number of hydrogen-bond donors (Lipinski definition) is 2. The van der Waals surface area contributed by atoms with E-state index in [4.69, 9.17) is 14.2 Å². The summed E-state index contributed by atoms with van der Waals surface area (Å²) in [4.78, 5) is 12.0. The predicted molar refractivity (Wildman–Crippen MR) is 91.9 cm³/mol. The molecule has 126 valence electrons. The second-order valence-electron chi connectivity index (χ2n) is 4.82. The van der Waals surface area contributed by atoms with Crippen molar-refractivity contribution in [3.63, 3.8) is 0 Å². The topological polar surface area (TPSA) is 77.0 Å². The molecule has 0 saturated carbocycles. The maximum absolute atomic E-state index is 12.0. The van der Waals surface area contributed by atoms with E-state index in [0.717, 1.165) is 5.56 Å². The highest BCUT2D eigenvalue weighted by atomic mass is 16.5. The second kappa shape index (κ2) is 7.92. The van der Waals surface area contributed by atoms with E-state index in [-0.39, 0.29) is 11.7 Å². The monoisotopic (exact) mass is 329 g/mol. The van der Waals surface area contributed by atoms with E-state index in [2.05, 4.69) is 5.32 Å². The number of benzene rings is 2. The minimum atomic E-state index is -0.297. The SMILES string of the molecule is COc1cc(/C=C/C(=O)Nc2ccc(OC)c(OC)c2)ccc1O. The van der Waals surface area contributed by atoms with E-state index in [1.807, 2.05) is 0 Å². The van der Waals surface area contributed by atoms with Gasteiger partial charge in [0.15, 0.2) is 23.0 Å². The van der Waals surface area contributed by atoms with Gasteiger partial charge in [-0.15, -0.1) is 0 Å². The summed E-state index contributed by atoms with van der Waals surface area (Å²) >= 11 is 0. The minimum Gasteiger partial charge on any atom is -0.504 e. The molecule has 0 radical (unpaired) electrons. The molecule has 6 heteroatoms. The molecule has 2 rings (SSSR count). The molecular formula is C18H19NO5. The molecule has 0 atom stereocenters. The quantitative estimate of drug-likeness (QED) is 0.797. The van der Waals surface area contributed by atoms with Crippen molar-refractivity contribution in [3.8, 4) is 23.0 Å². The van der Waals surface area contributed by atoms with Crippen molar-refractivity contribution >= 4 is 17.7 Å². The lowest BCUT2D eigenvalue weighted by Crippen LogP contribution is -2.07. The van der Waals surface area contributed by atoms with Crippen molar-refractivity contribution in [3.05, 3.63) is 48.0 Å². The fraction of sp³-hybridized carbons (Fsp3) is 0.167. The van der Waals surface area contributed by atoms with Crippen LogP contribution in [0.1, 0.15) is 5.56 Å². The molecule has 2 aromatic carbocycles. The van der Waals surface area contributed by atoms with Gasteiger partial charge in [-0.1, -0.05) is 6.07 Å². The molecule has 24 heavy (non-hydrogen) atoms. The van der Waals surface area contributed by atoms with Crippen LogP contribution in [-0.4, -0.2) is 32.3 Å². The van der Waals surface area contributed by atoms with E-state index in [1.54, 1.807) is 43.5 Å². The van der Waals surface area contributed by atoms with Gasteiger partial charge in [-0.05, 0) is 35.9 Å². The molecule has 2 N–H and O–H groups in total. The normalized spacial score (nSPS) is 10.5. The summed E-state index contributed by atoms with van der Waals surface area (Å²) in [5.41, 5.74) is 1.32. The standard InChI is InChI=1S/C18H19NO5/c1-22-15-8-6-13(11-17(15)24-3)19-18(21)9-5-12-4-7-14(20)16(10-12)23-2/h4-11,20H,1-3H3,(H,19,21)/b9-5+. The van der Waals surface area contributed by atoms with Crippen LogP contribution in [0.4, 0.5) is 5.69 Å². The number of phenols is 1. The molecule has 0 unspecified atom stereocenters. The summed E-state index contributed by atoms with van der Waals surface area (Å²) in [6.07, 6.45) is 3.01. The van der Waals surface area contributed by atoms with Crippen molar-refractivity contribution in [2.24, 2.45) is 0 Å². The Hall–Kier alpha value is -3.15. The fourth-order valence-corrected chi connectivity index (χ4v) is 2.07. The Kier molecular flexibility index (Phi) is 5.68. The molecule has 0 heterocycles. The summed E-state index contributed by atoms with van der Waals surface area (Å²) in [6.45, 7) is 0. The van der Waals surface area contributed by atoms with Crippen molar-refractivity contribution in [1.82, 2.24) is 0 Å². The van der Waals surface area contributed by atoms with Gasteiger partial charge >= 0.3 is 0 Å². The van der Waals surface area contributed by atoms with E-state index in [0.29, 0.717) is 22.9 Å². The van der Waals surface area contributed by atoms with Crippen molar-refractivity contribution in [2.45, 2.75) is 0 Å². The van der Waals surface area contributed by atoms with Gasteiger partial charge in [0, 0.05) is 17.8 Å². The number of ether oxygens (including phenoxy) is 3. The maximum Gasteiger partial charge on any atom is 0.248 e. The fourth-order valence-electron chi connectivity index (χ4n) is 2.07. The van der Waals surface area contributed by atoms with Crippen molar-refractivity contribution < 1.29 is 24.1 Å². The summed E-state index contributed by atoms with van der Waals surface area (Å²) in [5.74, 6) is 1.21. The first-order chi connectivity index (χ1) is 11.6. The summed E-state index contributed by atoms with van der Waals surface area (Å²) in [7, 11) is 4.54. The number of carbonyl (C=O) groups is 1. The third kappa shape index (κ3) is 4.19. The zero-order valence-corrected chi connectivity index (χ0v) is 13.7. The molecule has 0 aliphatic carbocycles. The van der Waals surface area contributed by atoms with Crippen LogP contribution in [-0.2, 0) is 4.79 Å². The molecule has 0 bridgehead atoms. The molecule has 1 amide bonds.